The highest BCUT2D eigenvalue weighted by Crippen LogP contribution is 2.13. The molecule has 0 atom stereocenters. The van der Waals surface area contributed by atoms with Crippen LogP contribution in [-0.2, 0) is 6.54 Å². The first-order valence-electron chi connectivity index (χ1n) is 5.05. The quantitative estimate of drug-likeness (QED) is 0.594. The summed E-state index contributed by atoms with van der Waals surface area (Å²) in [4.78, 5) is 0. The second-order valence-corrected chi connectivity index (χ2v) is 3.23. The van der Waals surface area contributed by atoms with Gasteiger partial charge in [0.15, 0.2) is 0 Å². The Hall–Kier alpha value is -1.06. The number of benzene rings is 1. The fourth-order valence-corrected chi connectivity index (χ4v) is 1.37. The Bertz CT molecular complexity index is 260. The summed E-state index contributed by atoms with van der Waals surface area (Å²) >= 11 is 0. The predicted octanol–water partition coefficient (Wildman–Crippen LogP) is 1.17. The van der Waals surface area contributed by atoms with Gasteiger partial charge in [-0.1, -0.05) is 18.2 Å². The first kappa shape index (κ1) is 11.0. The predicted molar refractivity (Wildman–Crippen MR) is 61.4 cm³/mol. The minimum Gasteiger partial charge on any atom is -0.388 e. The molecule has 4 N–H and O–H groups in total. The zero-order chi connectivity index (χ0) is 10.2. The first-order chi connectivity index (χ1) is 6.88. The van der Waals surface area contributed by atoms with Crippen molar-refractivity contribution >= 4 is 5.69 Å². The van der Waals surface area contributed by atoms with E-state index in [1.54, 1.807) is 0 Å². The van der Waals surface area contributed by atoms with Gasteiger partial charge in [0.05, 0.1) is 0 Å². The normalized spacial score (nSPS) is 10.1. The molecule has 14 heavy (non-hydrogen) atoms. The molecule has 0 saturated carbocycles. The van der Waals surface area contributed by atoms with Gasteiger partial charge in [-0.05, 0) is 31.1 Å². The second kappa shape index (κ2) is 6.40. The van der Waals surface area contributed by atoms with Crippen LogP contribution in [0.3, 0.4) is 0 Å². The van der Waals surface area contributed by atoms with Gasteiger partial charge in [0.1, 0.15) is 0 Å². The smallest absolute Gasteiger partial charge is 0.0383 e. The molecule has 0 aliphatic rings. The van der Waals surface area contributed by atoms with E-state index < -0.39 is 0 Å². The Morgan fingerprint density at radius 3 is 2.79 bits per heavy atom. The molecule has 1 aromatic rings. The summed E-state index contributed by atoms with van der Waals surface area (Å²) in [6.07, 6.45) is 1.03. The minimum atomic E-state index is 0.751. The molecule has 0 amide bonds. The van der Waals surface area contributed by atoms with Crippen LogP contribution in [0.2, 0.25) is 0 Å². The van der Waals surface area contributed by atoms with E-state index in [-0.39, 0.29) is 0 Å². The average Bonchev–Trinajstić information content (AvgIpc) is 2.25. The van der Waals surface area contributed by atoms with E-state index >= 15 is 0 Å². The lowest BCUT2D eigenvalue weighted by Crippen LogP contribution is -2.18. The van der Waals surface area contributed by atoms with Crippen molar-refractivity contribution in [1.82, 2.24) is 5.32 Å². The van der Waals surface area contributed by atoms with Crippen LogP contribution in [0.5, 0.6) is 0 Å². The number of nitrogens with two attached hydrogens (primary N) is 1. The van der Waals surface area contributed by atoms with Gasteiger partial charge < -0.3 is 16.4 Å². The summed E-state index contributed by atoms with van der Waals surface area (Å²) in [5, 5.41) is 6.53. The molecule has 1 aromatic carbocycles. The summed E-state index contributed by atoms with van der Waals surface area (Å²) in [6.45, 7) is 2.63. The lowest BCUT2D eigenvalue weighted by atomic mass is 10.2. The van der Waals surface area contributed by atoms with Crippen LogP contribution < -0.4 is 16.4 Å². The van der Waals surface area contributed by atoms with E-state index in [1.807, 2.05) is 13.1 Å². The van der Waals surface area contributed by atoms with Gasteiger partial charge in [0.25, 0.3) is 0 Å². The largest absolute Gasteiger partial charge is 0.388 e. The van der Waals surface area contributed by atoms with Gasteiger partial charge in [0.2, 0.25) is 0 Å². The molecule has 0 saturated heterocycles. The average molecular weight is 193 g/mol. The maximum atomic E-state index is 5.41. The van der Waals surface area contributed by atoms with Crippen LogP contribution in [0.1, 0.15) is 12.0 Å². The van der Waals surface area contributed by atoms with Crippen molar-refractivity contribution in [2.45, 2.75) is 13.0 Å². The topological polar surface area (TPSA) is 50.1 Å². The SMILES string of the molecule is CNc1ccccc1CNCCCN. The molecule has 0 radical (unpaired) electrons. The zero-order valence-electron chi connectivity index (χ0n) is 8.72. The molecule has 0 aliphatic carbocycles. The summed E-state index contributed by atoms with van der Waals surface area (Å²) in [6, 6.07) is 8.30. The Morgan fingerprint density at radius 1 is 1.29 bits per heavy atom. The lowest BCUT2D eigenvalue weighted by molar-refractivity contribution is 0.656. The number of hydrogen-bond donors (Lipinski definition) is 3. The molecule has 78 valence electrons. The third-order valence-corrected chi connectivity index (χ3v) is 2.16. The van der Waals surface area contributed by atoms with Crippen LogP contribution >= 0.6 is 0 Å². The Kier molecular flexibility index (Phi) is 5.04. The molecule has 0 spiro atoms. The monoisotopic (exact) mass is 193 g/mol. The van der Waals surface area contributed by atoms with Crippen molar-refractivity contribution in [2.24, 2.45) is 5.73 Å². The van der Waals surface area contributed by atoms with Gasteiger partial charge in [-0.15, -0.1) is 0 Å². The Morgan fingerprint density at radius 2 is 2.07 bits per heavy atom. The van der Waals surface area contributed by atoms with Gasteiger partial charge in [-0.3, -0.25) is 0 Å². The molecule has 1 rings (SSSR count). The van der Waals surface area contributed by atoms with Crippen molar-refractivity contribution in [2.75, 3.05) is 25.5 Å². The summed E-state index contributed by atoms with van der Waals surface area (Å²) < 4.78 is 0. The Balaban J connectivity index is 2.41. The van der Waals surface area contributed by atoms with Gasteiger partial charge in [-0.2, -0.15) is 0 Å². The molecule has 0 heterocycles. The molecule has 0 fully saturated rings. The number of rotatable bonds is 6. The number of hydrogen-bond acceptors (Lipinski definition) is 3. The summed E-state index contributed by atoms with van der Waals surface area (Å²) in [5.41, 5.74) is 7.90. The van der Waals surface area contributed by atoms with E-state index in [9.17, 15) is 0 Å². The molecule has 0 aliphatic heterocycles. The van der Waals surface area contributed by atoms with Crippen molar-refractivity contribution in [1.29, 1.82) is 0 Å². The van der Waals surface area contributed by atoms with E-state index in [0.29, 0.717) is 0 Å². The zero-order valence-corrected chi connectivity index (χ0v) is 8.72. The number of para-hydroxylation sites is 1. The summed E-state index contributed by atoms with van der Waals surface area (Å²) in [5.74, 6) is 0. The third kappa shape index (κ3) is 3.36. The highest BCUT2D eigenvalue weighted by atomic mass is 14.9. The lowest BCUT2D eigenvalue weighted by Gasteiger charge is -2.09. The Labute approximate surface area is 85.7 Å². The fourth-order valence-electron chi connectivity index (χ4n) is 1.37. The van der Waals surface area contributed by atoms with Gasteiger partial charge >= 0.3 is 0 Å². The molecule has 3 heteroatoms. The molecular weight excluding hydrogens is 174 g/mol. The molecule has 0 unspecified atom stereocenters. The van der Waals surface area contributed by atoms with E-state index in [0.717, 1.165) is 26.1 Å². The summed E-state index contributed by atoms with van der Waals surface area (Å²) in [7, 11) is 1.94. The standard InChI is InChI=1S/C11H19N3/c1-13-11-6-3-2-5-10(11)9-14-8-4-7-12/h2-3,5-6,13-14H,4,7-9,12H2,1H3. The van der Waals surface area contributed by atoms with Gasteiger partial charge in [-0.25, -0.2) is 0 Å². The van der Waals surface area contributed by atoms with Gasteiger partial charge in [0, 0.05) is 19.3 Å². The molecule has 3 nitrogen and oxygen atoms in total. The molecule has 0 bridgehead atoms. The molecular formula is C11H19N3. The van der Waals surface area contributed by atoms with Crippen molar-refractivity contribution < 1.29 is 0 Å². The van der Waals surface area contributed by atoms with E-state index in [1.165, 1.54) is 11.3 Å². The first-order valence-corrected chi connectivity index (χ1v) is 5.05. The highest BCUT2D eigenvalue weighted by Gasteiger charge is 1.97. The highest BCUT2D eigenvalue weighted by molar-refractivity contribution is 5.50. The van der Waals surface area contributed by atoms with Crippen LogP contribution in [0.15, 0.2) is 24.3 Å². The van der Waals surface area contributed by atoms with Crippen molar-refractivity contribution in [3.05, 3.63) is 29.8 Å². The van der Waals surface area contributed by atoms with E-state index in [2.05, 4.69) is 28.8 Å². The minimum absolute atomic E-state index is 0.751. The maximum absolute atomic E-state index is 5.41. The van der Waals surface area contributed by atoms with Crippen molar-refractivity contribution in [3.63, 3.8) is 0 Å². The van der Waals surface area contributed by atoms with E-state index in [4.69, 9.17) is 5.73 Å². The van der Waals surface area contributed by atoms with Crippen LogP contribution in [0.4, 0.5) is 5.69 Å². The third-order valence-electron chi connectivity index (χ3n) is 2.16. The number of nitrogens with one attached hydrogen (secondary N) is 2. The molecule has 0 aromatic heterocycles. The van der Waals surface area contributed by atoms with Crippen LogP contribution in [-0.4, -0.2) is 20.1 Å². The van der Waals surface area contributed by atoms with Crippen LogP contribution in [0.25, 0.3) is 0 Å². The fraction of sp³-hybridized carbons (Fsp3) is 0.455. The van der Waals surface area contributed by atoms with Crippen LogP contribution in [0, 0.1) is 0 Å². The van der Waals surface area contributed by atoms with Crippen molar-refractivity contribution in [3.8, 4) is 0 Å². The maximum Gasteiger partial charge on any atom is 0.0383 e. The number of anilines is 1. The second-order valence-electron chi connectivity index (χ2n) is 3.23.